The average molecular weight is 427 g/mol. The highest BCUT2D eigenvalue weighted by Gasteiger charge is 2.14. The summed E-state index contributed by atoms with van der Waals surface area (Å²) in [4.78, 5) is 31.0. The maximum atomic E-state index is 12.3. The lowest BCUT2D eigenvalue weighted by Gasteiger charge is -2.23. The lowest BCUT2D eigenvalue weighted by atomic mass is 10.2. The van der Waals surface area contributed by atoms with Crippen molar-refractivity contribution >= 4 is 34.0 Å². The zero-order valence-corrected chi connectivity index (χ0v) is 18.2. The minimum atomic E-state index is -0.276. The molecule has 0 fully saturated rings. The Morgan fingerprint density at radius 2 is 2.07 bits per heavy atom. The van der Waals surface area contributed by atoms with Gasteiger partial charge in [-0.05, 0) is 44.5 Å². The fraction of sp³-hybridized carbons (Fsp3) is 0.318. The molecule has 158 valence electrons. The van der Waals surface area contributed by atoms with Gasteiger partial charge in [-0.15, -0.1) is 11.3 Å². The first kappa shape index (κ1) is 21.6. The number of anilines is 2. The summed E-state index contributed by atoms with van der Waals surface area (Å²) in [5.41, 5.74) is 3.46. The molecule has 0 aliphatic heterocycles. The second kappa shape index (κ2) is 10.1. The van der Waals surface area contributed by atoms with Crippen molar-refractivity contribution in [1.29, 1.82) is 0 Å². The number of hydrogen-bond acceptors (Lipinski definition) is 6. The van der Waals surface area contributed by atoms with E-state index in [0.717, 1.165) is 18.8 Å². The maximum absolute atomic E-state index is 12.3. The molecule has 2 amide bonds. The van der Waals surface area contributed by atoms with E-state index in [4.69, 9.17) is 4.42 Å². The van der Waals surface area contributed by atoms with Crippen molar-refractivity contribution in [1.82, 2.24) is 10.3 Å². The van der Waals surface area contributed by atoms with Gasteiger partial charge in [-0.2, -0.15) is 0 Å². The van der Waals surface area contributed by atoms with Gasteiger partial charge in [-0.1, -0.05) is 12.1 Å². The molecule has 0 unspecified atom stereocenters. The predicted molar refractivity (Wildman–Crippen MR) is 119 cm³/mol. The van der Waals surface area contributed by atoms with Gasteiger partial charge in [0.05, 0.1) is 23.9 Å². The Morgan fingerprint density at radius 3 is 2.77 bits per heavy atom. The van der Waals surface area contributed by atoms with Crippen LogP contribution in [0.2, 0.25) is 0 Å². The van der Waals surface area contributed by atoms with Crippen molar-refractivity contribution in [2.75, 3.05) is 29.9 Å². The Morgan fingerprint density at radius 1 is 1.23 bits per heavy atom. The van der Waals surface area contributed by atoms with Gasteiger partial charge in [0, 0.05) is 30.7 Å². The van der Waals surface area contributed by atoms with E-state index < -0.39 is 0 Å². The summed E-state index contributed by atoms with van der Waals surface area (Å²) in [6, 6.07) is 9.94. The Hall–Kier alpha value is -3.13. The number of benzene rings is 1. The third-order valence-electron chi connectivity index (χ3n) is 4.67. The number of carbonyl (C=O) groups is 2. The van der Waals surface area contributed by atoms with Crippen molar-refractivity contribution in [3.8, 4) is 0 Å². The summed E-state index contributed by atoms with van der Waals surface area (Å²) in [5.74, 6) is 0.182. The smallest absolute Gasteiger partial charge is 0.260 e. The Kier molecular flexibility index (Phi) is 7.24. The van der Waals surface area contributed by atoms with Crippen molar-refractivity contribution in [3.63, 3.8) is 0 Å². The van der Waals surface area contributed by atoms with Crippen LogP contribution in [0, 0.1) is 13.8 Å². The molecule has 2 aromatic heterocycles. The van der Waals surface area contributed by atoms with Crippen LogP contribution in [0.15, 0.2) is 46.4 Å². The summed E-state index contributed by atoms with van der Waals surface area (Å²) in [7, 11) is 0. The fourth-order valence-electron chi connectivity index (χ4n) is 3.08. The number of thiazole rings is 1. The number of furan rings is 1. The van der Waals surface area contributed by atoms with Crippen LogP contribution < -0.4 is 15.5 Å². The second-order valence-electron chi connectivity index (χ2n) is 6.93. The highest BCUT2D eigenvalue weighted by molar-refractivity contribution is 7.14. The summed E-state index contributed by atoms with van der Waals surface area (Å²) < 4.78 is 5.14. The van der Waals surface area contributed by atoms with Crippen LogP contribution in [-0.4, -0.2) is 36.4 Å². The van der Waals surface area contributed by atoms with Crippen molar-refractivity contribution in [2.24, 2.45) is 0 Å². The van der Waals surface area contributed by atoms with Gasteiger partial charge in [-0.3, -0.25) is 14.9 Å². The Balaban J connectivity index is 1.46. The van der Waals surface area contributed by atoms with Gasteiger partial charge < -0.3 is 14.6 Å². The number of nitrogens with one attached hydrogen (secondary N) is 2. The molecule has 30 heavy (non-hydrogen) atoms. The van der Waals surface area contributed by atoms with Crippen LogP contribution in [0.1, 0.15) is 34.3 Å². The van der Waals surface area contributed by atoms with Crippen molar-refractivity contribution < 1.29 is 14.0 Å². The van der Waals surface area contributed by atoms with Gasteiger partial charge in [0.1, 0.15) is 5.76 Å². The molecule has 0 aliphatic carbocycles. The highest BCUT2D eigenvalue weighted by atomic mass is 32.1. The zero-order valence-electron chi connectivity index (χ0n) is 17.4. The van der Waals surface area contributed by atoms with Crippen LogP contribution in [0.25, 0.3) is 0 Å². The average Bonchev–Trinajstić information content (AvgIpc) is 3.33. The molecule has 0 radical (unpaired) electrons. The molecule has 0 saturated carbocycles. The largest absolute Gasteiger partial charge is 0.469 e. The molecule has 0 bridgehead atoms. The number of likely N-dealkylation sites (N-methyl/N-ethyl adjacent to an activating group) is 1. The second-order valence-corrected chi connectivity index (χ2v) is 7.79. The molecule has 3 aromatic rings. The lowest BCUT2D eigenvalue weighted by Crippen LogP contribution is -2.35. The van der Waals surface area contributed by atoms with Gasteiger partial charge in [0.2, 0.25) is 5.91 Å². The Labute approximate surface area is 180 Å². The van der Waals surface area contributed by atoms with E-state index >= 15 is 0 Å². The molecule has 0 saturated heterocycles. The van der Waals surface area contributed by atoms with Gasteiger partial charge in [0.25, 0.3) is 5.91 Å². The SMILES string of the molecule is CCN(CCNC(=O)Cc1csc(NC(=O)c2ccoc2C)n1)c1cccc(C)c1. The first-order valence-electron chi connectivity index (χ1n) is 9.84. The van der Waals surface area contributed by atoms with Crippen LogP contribution >= 0.6 is 11.3 Å². The van der Waals surface area contributed by atoms with E-state index in [1.807, 2.05) is 6.07 Å². The molecule has 3 rings (SSSR count). The molecule has 7 nitrogen and oxygen atoms in total. The van der Waals surface area contributed by atoms with Crippen LogP contribution in [0.4, 0.5) is 10.8 Å². The third kappa shape index (κ3) is 5.70. The van der Waals surface area contributed by atoms with E-state index in [2.05, 4.69) is 52.6 Å². The van der Waals surface area contributed by atoms with Gasteiger partial charge in [-0.25, -0.2) is 4.98 Å². The minimum Gasteiger partial charge on any atom is -0.469 e. The molecule has 1 aromatic carbocycles. The number of aryl methyl sites for hydroxylation is 2. The lowest BCUT2D eigenvalue weighted by molar-refractivity contribution is -0.120. The van der Waals surface area contributed by atoms with Gasteiger partial charge in [0.15, 0.2) is 5.13 Å². The summed E-state index contributed by atoms with van der Waals surface area (Å²) >= 11 is 1.29. The van der Waals surface area contributed by atoms with Gasteiger partial charge >= 0.3 is 0 Å². The molecule has 0 aliphatic rings. The fourth-order valence-corrected chi connectivity index (χ4v) is 3.79. The highest BCUT2D eigenvalue weighted by Crippen LogP contribution is 2.18. The molecule has 8 heteroatoms. The first-order chi connectivity index (χ1) is 14.5. The predicted octanol–water partition coefficient (Wildman–Crippen LogP) is 3.79. The number of nitrogens with zero attached hydrogens (tertiary/aromatic N) is 2. The number of hydrogen-bond donors (Lipinski definition) is 2. The molecule has 2 N–H and O–H groups in total. The molecule has 0 spiro atoms. The zero-order chi connectivity index (χ0) is 21.5. The summed E-state index contributed by atoms with van der Waals surface area (Å²) in [5, 5.41) is 7.92. The van der Waals surface area contributed by atoms with E-state index in [1.54, 1.807) is 18.4 Å². The molecular weight excluding hydrogens is 400 g/mol. The number of carbonyl (C=O) groups excluding carboxylic acids is 2. The first-order valence-corrected chi connectivity index (χ1v) is 10.7. The normalized spacial score (nSPS) is 10.6. The minimum absolute atomic E-state index is 0.0934. The standard InChI is InChI=1S/C22H26N4O3S/c1-4-26(18-7-5-6-15(2)12-18)10-9-23-20(27)13-17-14-30-22(24-17)25-21(28)19-8-11-29-16(19)3/h5-8,11-12,14H,4,9-10,13H2,1-3H3,(H,23,27)(H,24,25,28). The molecular formula is C22H26N4O3S. The third-order valence-corrected chi connectivity index (χ3v) is 5.48. The summed E-state index contributed by atoms with van der Waals surface area (Å²) in [6.45, 7) is 8.04. The quantitative estimate of drug-likeness (QED) is 0.544. The van der Waals surface area contributed by atoms with Crippen molar-refractivity contribution in [3.05, 3.63) is 64.6 Å². The number of rotatable bonds is 9. The van der Waals surface area contributed by atoms with Crippen LogP contribution in [0.5, 0.6) is 0 Å². The number of aromatic nitrogens is 1. The molecule has 2 heterocycles. The summed E-state index contributed by atoms with van der Waals surface area (Å²) in [6.07, 6.45) is 1.65. The topological polar surface area (TPSA) is 87.5 Å². The van der Waals surface area contributed by atoms with Crippen molar-refractivity contribution in [2.45, 2.75) is 27.2 Å². The van der Waals surface area contributed by atoms with E-state index in [0.29, 0.717) is 28.7 Å². The maximum Gasteiger partial charge on any atom is 0.260 e. The van der Waals surface area contributed by atoms with Crippen LogP contribution in [0.3, 0.4) is 0 Å². The van der Waals surface area contributed by atoms with E-state index in [9.17, 15) is 9.59 Å². The van der Waals surface area contributed by atoms with Crippen LogP contribution in [-0.2, 0) is 11.2 Å². The molecule has 0 atom stereocenters. The van der Waals surface area contributed by atoms with E-state index in [-0.39, 0.29) is 18.2 Å². The number of amides is 2. The van der Waals surface area contributed by atoms with E-state index in [1.165, 1.54) is 23.2 Å². The Bertz CT molecular complexity index is 1010. The monoisotopic (exact) mass is 426 g/mol.